The van der Waals surface area contributed by atoms with Gasteiger partial charge in [-0.25, -0.2) is 9.97 Å². The summed E-state index contributed by atoms with van der Waals surface area (Å²) in [5.74, 6) is 1.37. The molecule has 4 rings (SSSR count). The average molecular weight is 402 g/mol. The van der Waals surface area contributed by atoms with Gasteiger partial charge in [0.2, 0.25) is 0 Å². The zero-order valence-corrected chi connectivity index (χ0v) is 18.0. The van der Waals surface area contributed by atoms with E-state index in [4.69, 9.17) is 14.6 Å². The van der Waals surface area contributed by atoms with E-state index in [0.717, 1.165) is 33.4 Å². The van der Waals surface area contributed by atoms with Crippen molar-refractivity contribution < 1.29 is 9.47 Å². The first-order valence-electron chi connectivity index (χ1n) is 10.1. The second-order valence-electron chi connectivity index (χ2n) is 7.80. The van der Waals surface area contributed by atoms with Crippen LogP contribution in [0, 0.1) is 0 Å². The van der Waals surface area contributed by atoms with Crippen molar-refractivity contribution >= 4 is 10.9 Å². The van der Waals surface area contributed by atoms with E-state index in [1.807, 2.05) is 76.0 Å². The largest absolute Gasteiger partial charge is 0.487 e. The first-order chi connectivity index (χ1) is 14.4. The van der Waals surface area contributed by atoms with Crippen molar-refractivity contribution in [3.63, 3.8) is 0 Å². The molecule has 2 heterocycles. The Morgan fingerprint density at radius 3 is 2.17 bits per heavy atom. The number of hydrogen-bond acceptors (Lipinski definition) is 5. The third-order valence-corrected chi connectivity index (χ3v) is 4.56. The van der Waals surface area contributed by atoms with Crippen LogP contribution in [0.15, 0.2) is 55.0 Å². The van der Waals surface area contributed by atoms with Gasteiger partial charge in [-0.05, 0) is 33.8 Å². The maximum atomic E-state index is 6.06. The lowest BCUT2D eigenvalue weighted by Gasteiger charge is -2.18. The minimum atomic E-state index is 0.0170. The summed E-state index contributed by atoms with van der Waals surface area (Å²) in [6, 6.07) is 14.0. The number of aryl methyl sites for hydroxylation is 1. The predicted molar refractivity (Wildman–Crippen MR) is 119 cm³/mol. The fourth-order valence-corrected chi connectivity index (χ4v) is 3.44. The lowest BCUT2D eigenvalue weighted by atomic mass is 10.0. The summed E-state index contributed by atoms with van der Waals surface area (Å²) < 4.78 is 13.9. The number of hydrogen-bond donors (Lipinski definition) is 0. The Morgan fingerprint density at radius 1 is 0.833 bits per heavy atom. The fraction of sp³-hybridized carbons (Fsp3) is 0.292. The predicted octanol–water partition coefficient (Wildman–Crippen LogP) is 5.27. The van der Waals surface area contributed by atoms with Gasteiger partial charge in [-0.1, -0.05) is 30.3 Å². The molecule has 6 heteroatoms. The SMILES string of the molecule is CC(C)Oc1cc2ncnc(-c3cn(C)nc3-c3ccccc3)c2cc1OC(C)C. The molecule has 0 spiro atoms. The Bertz CT molecular complexity index is 1170. The molecule has 0 fully saturated rings. The third kappa shape index (κ3) is 3.99. The van der Waals surface area contributed by atoms with Gasteiger partial charge in [-0.15, -0.1) is 0 Å². The Balaban J connectivity index is 1.93. The highest BCUT2D eigenvalue weighted by atomic mass is 16.5. The molecule has 0 radical (unpaired) electrons. The van der Waals surface area contributed by atoms with Crippen LogP contribution < -0.4 is 9.47 Å². The molecule has 0 amide bonds. The van der Waals surface area contributed by atoms with Crippen LogP contribution in [0.4, 0.5) is 0 Å². The summed E-state index contributed by atoms with van der Waals surface area (Å²) in [7, 11) is 1.92. The van der Waals surface area contributed by atoms with Crippen molar-refractivity contribution in [1.82, 2.24) is 19.7 Å². The highest BCUT2D eigenvalue weighted by molar-refractivity contribution is 5.97. The zero-order valence-electron chi connectivity index (χ0n) is 18.0. The van der Waals surface area contributed by atoms with E-state index in [0.29, 0.717) is 11.5 Å². The van der Waals surface area contributed by atoms with E-state index in [-0.39, 0.29) is 12.2 Å². The maximum Gasteiger partial charge on any atom is 0.163 e. The van der Waals surface area contributed by atoms with Crippen molar-refractivity contribution in [2.75, 3.05) is 0 Å². The van der Waals surface area contributed by atoms with E-state index < -0.39 is 0 Å². The molecule has 30 heavy (non-hydrogen) atoms. The molecule has 6 nitrogen and oxygen atoms in total. The Kier molecular flexibility index (Phi) is 5.40. The second-order valence-corrected chi connectivity index (χ2v) is 7.80. The fourth-order valence-electron chi connectivity index (χ4n) is 3.44. The van der Waals surface area contributed by atoms with Crippen molar-refractivity contribution in [1.29, 1.82) is 0 Å². The number of ether oxygens (including phenoxy) is 2. The van der Waals surface area contributed by atoms with Crippen molar-refractivity contribution in [2.24, 2.45) is 7.05 Å². The average Bonchev–Trinajstić information content (AvgIpc) is 3.09. The molecule has 4 aromatic rings. The molecule has 0 bridgehead atoms. The molecule has 2 aromatic carbocycles. The summed E-state index contributed by atoms with van der Waals surface area (Å²) in [6.45, 7) is 7.99. The number of rotatable bonds is 6. The quantitative estimate of drug-likeness (QED) is 0.439. The number of aromatic nitrogens is 4. The van der Waals surface area contributed by atoms with Gasteiger partial charge in [0, 0.05) is 35.8 Å². The van der Waals surface area contributed by atoms with Crippen LogP contribution >= 0.6 is 0 Å². The molecule has 0 N–H and O–H groups in total. The standard InChI is InChI=1S/C24H26N4O2/c1-15(2)29-21-11-18-20(12-22(21)30-16(3)4)25-14-26-24(18)19-13-28(5)27-23(19)17-9-7-6-8-10-17/h6-16H,1-5H3. The van der Waals surface area contributed by atoms with Crippen LogP contribution in [0.2, 0.25) is 0 Å². The molecule has 154 valence electrons. The molecular formula is C24H26N4O2. The monoisotopic (exact) mass is 402 g/mol. The number of fused-ring (bicyclic) bond motifs is 1. The molecule has 0 atom stereocenters. The normalized spacial score (nSPS) is 11.4. The summed E-state index contributed by atoms with van der Waals surface area (Å²) in [6.07, 6.45) is 3.62. The van der Waals surface area contributed by atoms with E-state index in [1.54, 1.807) is 6.33 Å². The van der Waals surface area contributed by atoms with E-state index in [2.05, 4.69) is 22.1 Å². The van der Waals surface area contributed by atoms with Gasteiger partial charge in [0.15, 0.2) is 11.5 Å². The summed E-state index contributed by atoms with van der Waals surface area (Å²) in [5.41, 5.74) is 4.49. The van der Waals surface area contributed by atoms with Gasteiger partial charge < -0.3 is 9.47 Å². The Morgan fingerprint density at radius 2 is 1.50 bits per heavy atom. The smallest absolute Gasteiger partial charge is 0.163 e. The molecule has 0 aliphatic heterocycles. The van der Waals surface area contributed by atoms with Gasteiger partial charge in [0.05, 0.1) is 23.4 Å². The second kappa shape index (κ2) is 8.14. The molecule has 0 saturated heterocycles. The van der Waals surface area contributed by atoms with Crippen LogP contribution in [0.5, 0.6) is 11.5 Å². The van der Waals surface area contributed by atoms with Crippen molar-refractivity contribution in [3.05, 3.63) is 55.0 Å². The van der Waals surface area contributed by atoms with Crippen molar-refractivity contribution in [3.8, 4) is 34.0 Å². The minimum Gasteiger partial charge on any atom is -0.487 e. The molecule has 0 aliphatic carbocycles. The van der Waals surface area contributed by atoms with Crippen LogP contribution in [0.25, 0.3) is 33.4 Å². The first-order valence-corrected chi connectivity index (χ1v) is 10.1. The van der Waals surface area contributed by atoms with Gasteiger partial charge in [0.25, 0.3) is 0 Å². The number of benzene rings is 2. The molecule has 2 aromatic heterocycles. The molecule has 0 unspecified atom stereocenters. The van der Waals surface area contributed by atoms with Crippen LogP contribution in [-0.4, -0.2) is 32.0 Å². The zero-order chi connectivity index (χ0) is 21.3. The van der Waals surface area contributed by atoms with Crippen LogP contribution in [-0.2, 0) is 7.05 Å². The Labute approximate surface area is 176 Å². The lowest BCUT2D eigenvalue weighted by molar-refractivity contribution is 0.199. The highest BCUT2D eigenvalue weighted by Crippen LogP contribution is 2.38. The van der Waals surface area contributed by atoms with Gasteiger partial charge in [0.1, 0.15) is 12.0 Å². The van der Waals surface area contributed by atoms with Crippen LogP contribution in [0.1, 0.15) is 27.7 Å². The van der Waals surface area contributed by atoms with E-state index >= 15 is 0 Å². The number of nitrogens with zero attached hydrogens (tertiary/aromatic N) is 4. The van der Waals surface area contributed by atoms with Gasteiger partial charge in [-0.3, -0.25) is 4.68 Å². The summed E-state index contributed by atoms with van der Waals surface area (Å²) in [5, 5.41) is 5.59. The lowest BCUT2D eigenvalue weighted by Crippen LogP contribution is -2.11. The highest BCUT2D eigenvalue weighted by Gasteiger charge is 2.19. The topological polar surface area (TPSA) is 62.1 Å². The van der Waals surface area contributed by atoms with E-state index in [9.17, 15) is 0 Å². The van der Waals surface area contributed by atoms with Gasteiger partial charge >= 0.3 is 0 Å². The molecule has 0 saturated carbocycles. The molecule has 0 aliphatic rings. The summed E-state index contributed by atoms with van der Waals surface area (Å²) >= 11 is 0. The molecular weight excluding hydrogens is 376 g/mol. The van der Waals surface area contributed by atoms with Crippen molar-refractivity contribution in [2.45, 2.75) is 39.9 Å². The summed E-state index contributed by atoms with van der Waals surface area (Å²) in [4.78, 5) is 9.12. The maximum absolute atomic E-state index is 6.06. The minimum absolute atomic E-state index is 0.0170. The Hall–Kier alpha value is -3.41. The van der Waals surface area contributed by atoms with E-state index in [1.165, 1.54) is 0 Å². The van der Waals surface area contributed by atoms with Gasteiger partial charge in [-0.2, -0.15) is 5.10 Å². The first kappa shape index (κ1) is 19.9. The third-order valence-electron chi connectivity index (χ3n) is 4.56. The van der Waals surface area contributed by atoms with Crippen LogP contribution in [0.3, 0.4) is 0 Å².